The molecule has 1 unspecified atom stereocenters. The Morgan fingerprint density at radius 1 is 1.50 bits per heavy atom. The fraction of sp³-hybridized carbons (Fsp3) is 0.357. The fourth-order valence-corrected chi connectivity index (χ4v) is 2.58. The largest absolute Gasteiger partial charge is 0.361 e. The highest BCUT2D eigenvalue weighted by Crippen LogP contribution is 2.31. The molecule has 3 rings (SSSR count). The van der Waals surface area contributed by atoms with Crippen molar-refractivity contribution in [2.45, 2.75) is 32.4 Å². The van der Waals surface area contributed by atoms with E-state index in [-0.39, 0.29) is 5.82 Å². The number of aryl methyl sites for hydroxylation is 1. The summed E-state index contributed by atoms with van der Waals surface area (Å²) in [6, 6.07) is 5.51. The van der Waals surface area contributed by atoms with Crippen molar-refractivity contribution in [1.82, 2.24) is 9.97 Å². The predicted molar refractivity (Wildman–Crippen MR) is 69.0 cm³/mol. The van der Waals surface area contributed by atoms with Crippen LogP contribution in [-0.2, 0) is 13.0 Å². The molecule has 0 spiro atoms. The van der Waals surface area contributed by atoms with E-state index in [0.29, 0.717) is 6.04 Å². The number of imidazole rings is 1. The van der Waals surface area contributed by atoms with E-state index >= 15 is 0 Å². The smallest absolute Gasteiger partial charge is 0.125 e. The van der Waals surface area contributed by atoms with Crippen LogP contribution < -0.4 is 4.90 Å². The number of rotatable bonds is 2. The van der Waals surface area contributed by atoms with Crippen molar-refractivity contribution in [2.75, 3.05) is 4.90 Å². The minimum atomic E-state index is -0.152. The van der Waals surface area contributed by atoms with Gasteiger partial charge in [-0.15, -0.1) is 0 Å². The Hall–Kier alpha value is -1.84. The average Bonchev–Trinajstić information content (AvgIpc) is 2.86. The SMILES string of the molecule is CC1CCc2cc(F)ccc2N1Cc1ncc[nH]1. The first-order valence-corrected chi connectivity index (χ1v) is 6.27. The molecule has 1 N–H and O–H groups in total. The zero-order valence-corrected chi connectivity index (χ0v) is 10.4. The minimum Gasteiger partial charge on any atom is -0.361 e. The fourth-order valence-electron chi connectivity index (χ4n) is 2.58. The maximum absolute atomic E-state index is 13.3. The van der Waals surface area contributed by atoms with Gasteiger partial charge in [0.25, 0.3) is 0 Å². The Morgan fingerprint density at radius 2 is 2.39 bits per heavy atom. The van der Waals surface area contributed by atoms with Gasteiger partial charge in [-0.2, -0.15) is 0 Å². The summed E-state index contributed by atoms with van der Waals surface area (Å²) in [6.07, 6.45) is 5.59. The van der Waals surface area contributed by atoms with E-state index in [9.17, 15) is 4.39 Å². The van der Waals surface area contributed by atoms with E-state index in [1.165, 1.54) is 6.07 Å². The van der Waals surface area contributed by atoms with Gasteiger partial charge in [-0.05, 0) is 43.5 Å². The van der Waals surface area contributed by atoms with Crippen molar-refractivity contribution < 1.29 is 4.39 Å². The molecule has 18 heavy (non-hydrogen) atoms. The lowest BCUT2D eigenvalue weighted by Crippen LogP contribution is -2.37. The second-order valence-corrected chi connectivity index (χ2v) is 4.82. The van der Waals surface area contributed by atoms with Gasteiger partial charge in [0.2, 0.25) is 0 Å². The molecule has 2 heterocycles. The molecular weight excluding hydrogens is 229 g/mol. The molecule has 3 nitrogen and oxygen atoms in total. The highest BCUT2D eigenvalue weighted by Gasteiger charge is 2.23. The number of nitrogens with zero attached hydrogens (tertiary/aromatic N) is 2. The van der Waals surface area contributed by atoms with Gasteiger partial charge in [0, 0.05) is 24.1 Å². The molecule has 1 atom stereocenters. The van der Waals surface area contributed by atoms with E-state index in [0.717, 1.165) is 36.5 Å². The molecular formula is C14H16FN3. The number of halogens is 1. The van der Waals surface area contributed by atoms with E-state index < -0.39 is 0 Å². The van der Waals surface area contributed by atoms with Gasteiger partial charge in [0.05, 0.1) is 6.54 Å². The molecule has 1 aromatic heterocycles. The summed E-state index contributed by atoms with van der Waals surface area (Å²) in [5.74, 6) is 0.792. The van der Waals surface area contributed by atoms with Crippen LogP contribution in [0.15, 0.2) is 30.6 Å². The number of fused-ring (bicyclic) bond motifs is 1. The molecule has 0 aliphatic carbocycles. The number of aromatic nitrogens is 2. The molecule has 2 aromatic rings. The number of nitrogens with one attached hydrogen (secondary N) is 1. The predicted octanol–water partition coefficient (Wildman–Crippen LogP) is 2.89. The normalized spacial score (nSPS) is 18.8. The van der Waals surface area contributed by atoms with Crippen molar-refractivity contribution in [2.24, 2.45) is 0 Å². The number of anilines is 1. The molecule has 0 radical (unpaired) electrons. The van der Waals surface area contributed by atoms with Crippen molar-refractivity contribution in [3.63, 3.8) is 0 Å². The maximum Gasteiger partial charge on any atom is 0.125 e. The van der Waals surface area contributed by atoms with Gasteiger partial charge in [-0.3, -0.25) is 0 Å². The first-order chi connectivity index (χ1) is 8.74. The standard InChI is InChI=1S/C14H16FN3/c1-10-2-3-11-8-12(15)4-5-13(11)18(10)9-14-16-6-7-17-14/h4-8,10H,2-3,9H2,1H3,(H,16,17). The van der Waals surface area contributed by atoms with Crippen LogP contribution >= 0.6 is 0 Å². The van der Waals surface area contributed by atoms with Gasteiger partial charge in [-0.1, -0.05) is 0 Å². The Kier molecular flexibility index (Phi) is 2.78. The summed E-state index contributed by atoms with van der Waals surface area (Å²) in [5, 5.41) is 0. The summed E-state index contributed by atoms with van der Waals surface area (Å²) in [5.41, 5.74) is 2.23. The maximum atomic E-state index is 13.3. The molecule has 0 saturated heterocycles. The second-order valence-electron chi connectivity index (χ2n) is 4.82. The molecule has 0 saturated carbocycles. The molecule has 0 bridgehead atoms. The van der Waals surface area contributed by atoms with Gasteiger partial charge in [0.15, 0.2) is 0 Å². The van der Waals surface area contributed by atoms with Crippen LogP contribution in [0.4, 0.5) is 10.1 Å². The molecule has 1 aliphatic heterocycles. The molecule has 4 heteroatoms. The second kappa shape index (κ2) is 4.44. The Bertz CT molecular complexity index is 536. The van der Waals surface area contributed by atoms with Crippen molar-refractivity contribution >= 4 is 5.69 Å². The molecule has 1 aliphatic rings. The van der Waals surface area contributed by atoms with Crippen LogP contribution in [0.25, 0.3) is 0 Å². The van der Waals surface area contributed by atoms with E-state index in [1.807, 2.05) is 12.3 Å². The van der Waals surface area contributed by atoms with E-state index in [1.54, 1.807) is 12.3 Å². The number of benzene rings is 1. The monoisotopic (exact) mass is 245 g/mol. The zero-order chi connectivity index (χ0) is 12.5. The van der Waals surface area contributed by atoms with Crippen LogP contribution in [0.5, 0.6) is 0 Å². The molecule has 0 fully saturated rings. The van der Waals surface area contributed by atoms with Crippen molar-refractivity contribution in [3.05, 3.63) is 47.8 Å². The van der Waals surface area contributed by atoms with Crippen LogP contribution in [0, 0.1) is 5.82 Å². The summed E-state index contributed by atoms with van der Waals surface area (Å²) in [6.45, 7) is 2.95. The summed E-state index contributed by atoms with van der Waals surface area (Å²) in [4.78, 5) is 9.67. The van der Waals surface area contributed by atoms with Gasteiger partial charge in [0.1, 0.15) is 11.6 Å². The quantitative estimate of drug-likeness (QED) is 0.882. The topological polar surface area (TPSA) is 31.9 Å². The third-order valence-corrected chi connectivity index (χ3v) is 3.59. The van der Waals surface area contributed by atoms with Crippen molar-refractivity contribution in [1.29, 1.82) is 0 Å². The van der Waals surface area contributed by atoms with Crippen molar-refractivity contribution in [3.8, 4) is 0 Å². The molecule has 94 valence electrons. The minimum absolute atomic E-state index is 0.152. The lowest BCUT2D eigenvalue weighted by Gasteiger charge is -2.36. The zero-order valence-electron chi connectivity index (χ0n) is 10.4. The first kappa shape index (κ1) is 11.3. The molecule has 0 amide bonds. The van der Waals surface area contributed by atoms with E-state index in [2.05, 4.69) is 21.8 Å². The van der Waals surface area contributed by atoms with Crippen LogP contribution in [0.2, 0.25) is 0 Å². The number of aromatic amines is 1. The number of H-pyrrole nitrogens is 1. The lowest BCUT2D eigenvalue weighted by atomic mass is 9.96. The van der Waals surface area contributed by atoms with Gasteiger partial charge >= 0.3 is 0 Å². The van der Waals surface area contributed by atoms with Gasteiger partial charge < -0.3 is 9.88 Å². The summed E-state index contributed by atoms with van der Waals surface area (Å²) < 4.78 is 13.3. The average molecular weight is 245 g/mol. The van der Waals surface area contributed by atoms with E-state index in [4.69, 9.17) is 0 Å². The first-order valence-electron chi connectivity index (χ1n) is 6.27. The molecule has 1 aromatic carbocycles. The van der Waals surface area contributed by atoms with Gasteiger partial charge in [-0.25, -0.2) is 9.37 Å². The van der Waals surface area contributed by atoms with Crippen LogP contribution in [-0.4, -0.2) is 16.0 Å². The third kappa shape index (κ3) is 1.98. The highest BCUT2D eigenvalue weighted by atomic mass is 19.1. The lowest BCUT2D eigenvalue weighted by molar-refractivity contribution is 0.548. The number of hydrogen-bond acceptors (Lipinski definition) is 2. The Balaban J connectivity index is 1.94. The number of hydrogen-bond donors (Lipinski definition) is 1. The Morgan fingerprint density at radius 3 is 3.17 bits per heavy atom. The van der Waals surface area contributed by atoms with Crippen LogP contribution in [0.3, 0.4) is 0 Å². The Labute approximate surface area is 106 Å². The summed E-state index contributed by atoms with van der Waals surface area (Å²) >= 11 is 0. The van der Waals surface area contributed by atoms with Crippen LogP contribution in [0.1, 0.15) is 24.7 Å². The summed E-state index contributed by atoms with van der Waals surface area (Å²) in [7, 11) is 0. The third-order valence-electron chi connectivity index (χ3n) is 3.59. The highest BCUT2D eigenvalue weighted by molar-refractivity contribution is 5.56.